The van der Waals surface area contributed by atoms with E-state index in [0.717, 1.165) is 51.4 Å². The monoisotopic (exact) mass is 953 g/mol. The van der Waals surface area contributed by atoms with E-state index in [1.165, 1.54) is 244 Å². The first-order chi connectivity index (χ1) is 33.6. The van der Waals surface area contributed by atoms with Gasteiger partial charge >= 0.3 is 11.9 Å². The number of unbranched alkanes of at least 4 members (excludes halogenated alkanes) is 40. The maximum atomic E-state index is 12.3. The van der Waals surface area contributed by atoms with Gasteiger partial charge < -0.3 is 14.6 Å². The Kier molecular flexibility index (Phi) is 57.3. The zero-order valence-corrected chi connectivity index (χ0v) is 45.6. The van der Waals surface area contributed by atoms with Crippen LogP contribution in [-0.2, 0) is 19.1 Å². The summed E-state index contributed by atoms with van der Waals surface area (Å²) in [5, 5.41) is 9.66. The first-order valence-corrected chi connectivity index (χ1v) is 30.2. The Morgan fingerprint density at radius 1 is 0.338 bits per heavy atom. The van der Waals surface area contributed by atoms with Gasteiger partial charge in [-0.15, -0.1) is 0 Å². The van der Waals surface area contributed by atoms with E-state index in [9.17, 15) is 14.7 Å². The van der Waals surface area contributed by atoms with Crippen LogP contribution in [0.1, 0.15) is 322 Å². The number of aliphatic hydroxyl groups is 1. The fourth-order valence-corrected chi connectivity index (χ4v) is 9.03. The third-order valence-corrected chi connectivity index (χ3v) is 13.6. The number of hydrogen-bond acceptors (Lipinski definition) is 5. The Morgan fingerprint density at radius 3 is 0.897 bits per heavy atom. The van der Waals surface area contributed by atoms with Crippen molar-refractivity contribution in [2.75, 3.05) is 13.2 Å². The minimum absolute atomic E-state index is 0.0635. The van der Waals surface area contributed by atoms with Crippen LogP contribution in [0.25, 0.3) is 0 Å². The van der Waals surface area contributed by atoms with Crippen molar-refractivity contribution < 1.29 is 24.2 Å². The van der Waals surface area contributed by atoms with Crippen molar-refractivity contribution in [3.05, 3.63) is 48.6 Å². The average molecular weight is 954 g/mol. The van der Waals surface area contributed by atoms with Crippen molar-refractivity contribution in [3.63, 3.8) is 0 Å². The van der Waals surface area contributed by atoms with E-state index in [-0.39, 0.29) is 25.2 Å². The minimum atomic E-state index is -0.772. The molecule has 0 aromatic carbocycles. The van der Waals surface area contributed by atoms with E-state index >= 15 is 0 Å². The van der Waals surface area contributed by atoms with Gasteiger partial charge in [-0.3, -0.25) is 9.59 Å². The number of ether oxygens (including phenoxy) is 2. The zero-order chi connectivity index (χ0) is 49.2. The Balaban J connectivity index is 3.44. The first-order valence-electron chi connectivity index (χ1n) is 30.2. The molecule has 0 aliphatic heterocycles. The molecule has 0 saturated heterocycles. The van der Waals surface area contributed by atoms with Crippen molar-refractivity contribution in [1.82, 2.24) is 0 Å². The second kappa shape index (κ2) is 59.2. The predicted molar refractivity (Wildman–Crippen MR) is 297 cm³/mol. The molecule has 0 fully saturated rings. The van der Waals surface area contributed by atoms with E-state index in [1.54, 1.807) is 0 Å². The molecule has 0 saturated carbocycles. The van der Waals surface area contributed by atoms with Crippen LogP contribution in [0.3, 0.4) is 0 Å². The lowest BCUT2D eigenvalue weighted by Crippen LogP contribution is -2.28. The summed E-state index contributed by atoms with van der Waals surface area (Å²) < 4.78 is 10.7. The predicted octanol–water partition coefficient (Wildman–Crippen LogP) is 20.4. The van der Waals surface area contributed by atoms with Gasteiger partial charge in [0.05, 0.1) is 6.61 Å². The van der Waals surface area contributed by atoms with Crippen molar-refractivity contribution in [2.45, 2.75) is 328 Å². The van der Waals surface area contributed by atoms with Gasteiger partial charge in [-0.05, 0) is 77.0 Å². The first kappa shape index (κ1) is 65.9. The van der Waals surface area contributed by atoms with Gasteiger partial charge in [0.15, 0.2) is 6.10 Å². The van der Waals surface area contributed by atoms with E-state index < -0.39 is 6.10 Å². The number of allylic oxidation sites excluding steroid dienone is 8. The molecule has 0 heterocycles. The maximum absolute atomic E-state index is 12.3. The van der Waals surface area contributed by atoms with Crippen molar-refractivity contribution in [3.8, 4) is 0 Å². The van der Waals surface area contributed by atoms with E-state index in [0.29, 0.717) is 12.8 Å². The highest BCUT2D eigenvalue weighted by Crippen LogP contribution is 2.17. The number of esters is 2. The van der Waals surface area contributed by atoms with Crippen LogP contribution in [0.5, 0.6) is 0 Å². The van der Waals surface area contributed by atoms with Gasteiger partial charge in [0.25, 0.3) is 0 Å². The molecule has 0 spiro atoms. The highest BCUT2D eigenvalue weighted by Gasteiger charge is 2.16. The molecule has 0 aromatic rings. The molecule has 1 atom stereocenters. The van der Waals surface area contributed by atoms with Gasteiger partial charge in [0, 0.05) is 12.8 Å². The van der Waals surface area contributed by atoms with Gasteiger partial charge in [-0.2, -0.15) is 0 Å². The molecule has 398 valence electrons. The fraction of sp³-hybridized carbons (Fsp3) is 0.841. The number of rotatable bonds is 56. The van der Waals surface area contributed by atoms with Crippen LogP contribution in [0, 0.1) is 0 Å². The standard InChI is InChI=1S/C63H116O5/c1-3-5-7-9-11-13-15-17-19-21-23-25-26-27-28-29-30-31-32-33-34-35-36-38-40-42-44-46-48-50-52-54-56-58-63(66)68-61(59-64)60-67-62(65)57-55-53-51-49-47-45-43-41-39-37-24-22-20-18-16-14-12-10-8-6-4-2/h15,17,21-24,26-27,61,64H,3-14,16,18-20,25,28-60H2,1-2H3/b17-15-,23-21-,24-22-,27-26-. The second-order valence-corrected chi connectivity index (χ2v) is 20.4. The lowest BCUT2D eigenvalue weighted by Gasteiger charge is -2.15. The summed E-state index contributed by atoms with van der Waals surface area (Å²) >= 11 is 0. The molecular formula is C63H116O5. The number of carbonyl (C=O) groups is 2. The summed E-state index contributed by atoms with van der Waals surface area (Å²) in [5.74, 6) is -0.578. The third kappa shape index (κ3) is 56.4. The van der Waals surface area contributed by atoms with E-state index in [1.807, 2.05) is 0 Å². The molecule has 0 aromatic heterocycles. The average Bonchev–Trinajstić information content (AvgIpc) is 3.34. The molecule has 68 heavy (non-hydrogen) atoms. The van der Waals surface area contributed by atoms with Crippen molar-refractivity contribution in [2.24, 2.45) is 0 Å². The molecule has 1 N–H and O–H groups in total. The number of hydrogen-bond donors (Lipinski definition) is 1. The molecular weight excluding hydrogens is 837 g/mol. The lowest BCUT2D eigenvalue weighted by molar-refractivity contribution is -0.161. The van der Waals surface area contributed by atoms with Crippen LogP contribution in [0.15, 0.2) is 48.6 Å². The molecule has 0 rings (SSSR count). The molecule has 5 nitrogen and oxygen atoms in total. The highest BCUT2D eigenvalue weighted by atomic mass is 16.6. The van der Waals surface area contributed by atoms with Crippen molar-refractivity contribution in [1.29, 1.82) is 0 Å². The molecule has 0 aliphatic carbocycles. The Morgan fingerprint density at radius 2 is 0.588 bits per heavy atom. The lowest BCUT2D eigenvalue weighted by atomic mass is 10.0. The molecule has 1 unspecified atom stereocenters. The van der Waals surface area contributed by atoms with E-state index in [2.05, 4.69) is 62.5 Å². The summed E-state index contributed by atoms with van der Waals surface area (Å²) in [6, 6.07) is 0. The van der Waals surface area contributed by atoms with Gasteiger partial charge in [0.2, 0.25) is 0 Å². The molecule has 0 radical (unpaired) electrons. The highest BCUT2D eigenvalue weighted by molar-refractivity contribution is 5.70. The number of aliphatic hydroxyl groups excluding tert-OH is 1. The Hall–Kier alpha value is -2.14. The summed E-state index contributed by atoms with van der Waals surface area (Å²) in [4.78, 5) is 24.5. The largest absolute Gasteiger partial charge is 0.462 e. The minimum Gasteiger partial charge on any atom is -0.462 e. The summed E-state index contributed by atoms with van der Waals surface area (Å²) in [6.45, 7) is 4.17. The Bertz CT molecular complexity index is 1120. The van der Waals surface area contributed by atoms with Crippen LogP contribution in [0.4, 0.5) is 0 Å². The van der Waals surface area contributed by atoms with Crippen LogP contribution in [-0.4, -0.2) is 36.4 Å². The molecule has 0 amide bonds. The van der Waals surface area contributed by atoms with Crippen LogP contribution in [0.2, 0.25) is 0 Å². The van der Waals surface area contributed by atoms with Crippen LogP contribution < -0.4 is 0 Å². The van der Waals surface area contributed by atoms with Crippen molar-refractivity contribution >= 4 is 11.9 Å². The quantitative estimate of drug-likeness (QED) is 0.0374. The second-order valence-electron chi connectivity index (χ2n) is 20.4. The van der Waals surface area contributed by atoms with Gasteiger partial charge in [-0.1, -0.05) is 281 Å². The normalized spacial score (nSPS) is 12.5. The van der Waals surface area contributed by atoms with E-state index in [4.69, 9.17) is 9.47 Å². The maximum Gasteiger partial charge on any atom is 0.306 e. The van der Waals surface area contributed by atoms with Gasteiger partial charge in [0.1, 0.15) is 6.61 Å². The smallest absolute Gasteiger partial charge is 0.306 e. The van der Waals surface area contributed by atoms with Crippen LogP contribution >= 0.6 is 0 Å². The summed E-state index contributed by atoms with van der Waals surface area (Å²) in [5.41, 5.74) is 0. The summed E-state index contributed by atoms with van der Waals surface area (Å²) in [7, 11) is 0. The van der Waals surface area contributed by atoms with Gasteiger partial charge in [-0.25, -0.2) is 0 Å². The SMILES string of the molecule is CCCCCCC/C=C\C/C=C\C/C=C\CCCCCCCCCCCCCCCCCCCCC(=O)OC(CO)COC(=O)CCCCCCCCCCC/C=C\CCCCCCCCCC. The fourth-order valence-electron chi connectivity index (χ4n) is 9.03. The molecule has 0 bridgehead atoms. The third-order valence-electron chi connectivity index (χ3n) is 13.6. The Labute approximate surface area is 424 Å². The zero-order valence-electron chi connectivity index (χ0n) is 45.6. The molecule has 5 heteroatoms. The number of carbonyl (C=O) groups excluding carboxylic acids is 2. The topological polar surface area (TPSA) is 72.8 Å². The molecule has 0 aliphatic rings. The summed E-state index contributed by atoms with van der Waals surface area (Å²) in [6.07, 6.45) is 78.2.